The van der Waals surface area contributed by atoms with Gasteiger partial charge < -0.3 is 10.8 Å². The number of piperidine rings is 1. The van der Waals surface area contributed by atoms with Gasteiger partial charge in [0.05, 0.1) is 12.6 Å². The summed E-state index contributed by atoms with van der Waals surface area (Å²) in [7, 11) is 0. The van der Waals surface area contributed by atoms with Gasteiger partial charge >= 0.3 is 0 Å². The summed E-state index contributed by atoms with van der Waals surface area (Å²) in [5.74, 6) is 5.27. The van der Waals surface area contributed by atoms with Gasteiger partial charge in [-0.25, -0.2) is 4.39 Å². The number of β-amino-alcohol motifs (C(OH)–C–C–N with tert-alkyl or cyclic N) is 1. The molecular weight excluding hydrogens is 243 g/mol. The quantitative estimate of drug-likeness (QED) is 0.785. The largest absolute Gasteiger partial charge is 0.392 e. The first kappa shape index (κ1) is 14.0. The van der Waals surface area contributed by atoms with Crippen molar-refractivity contribution >= 4 is 0 Å². The molecule has 0 amide bonds. The van der Waals surface area contributed by atoms with E-state index < -0.39 is 0 Å². The number of likely N-dealkylation sites (tertiary alicyclic amines) is 1. The van der Waals surface area contributed by atoms with E-state index in [1.807, 2.05) is 0 Å². The molecule has 1 saturated heterocycles. The van der Waals surface area contributed by atoms with E-state index in [1.165, 1.54) is 6.07 Å². The summed E-state index contributed by atoms with van der Waals surface area (Å²) in [5.41, 5.74) is 6.57. The molecule has 0 aromatic heterocycles. The highest BCUT2D eigenvalue weighted by Crippen LogP contribution is 2.16. The summed E-state index contributed by atoms with van der Waals surface area (Å²) in [5, 5.41) is 9.60. The molecule has 1 atom stereocenters. The lowest BCUT2D eigenvalue weighted by atomic mass is 10.1. The summed E-state index contributed by atoms with van der Waals surface area (Å²) in [6, 6.07) is 5.01. The zero-order valence-corrected chi connectivity index (χ0v) is 10.9. The minimum atomic E-state index is -0.286. The van der Waals surface area contributed by atoms with Gasteiger partial charge in [-0.3, -0.25) is 4.90 Å². The van der Waals surface area contributed by atoms with Gasteiger partial charge in [0.15, 0.2) is 0 Å². The first-order valence-electron chi connectivity index (χ1n) is 6.57. The van der Waals surface area contributed by atoms with Crippen molar-refractivity contribution in [3.05, 3.63) is 35.1 Å². The first-order valence-corrected chi connectivity index (χ1v) is 6.57. The number of aliphatic hydroxyl groups excluding tert-OH is 1. The molecule has 1 aliphatic heterocycles. The van der Waals surface area contributed by atoms with Crippen LogP contribution in [0.2, 0.25) is 0 Å². The molecule has 0 spiro atoms. The molecule has 1 aliphatic rings. The second kappa shape index (κ2) is 6.67. The van der Waals surface area contributed by atoms with Crippen LogP contribution < -0.4 is 5.73 Å². The summed E-state index contributed by atoms with van der Waals surface area (Å²) in [4.78, 5) is 2.08. The molecule has 102 valence electrons. The van der Waals surface area contributed by atoms with E-state index in [9.17, 15) is 9.50 Å². The molecule has 3 N–H and O–H groups in total. The zero-order chi connectivity index (χ0) is 13.7. The Morgan fingerprint density at radius 3 is 3.00 bits per heavy atom. The van der Waals surface area contributed by atoms with E-state index in [2.05, 4.69) is 16.7 Å². The topological polar surface area (TPSA) is 49.5 Å². The maximum Gasteiger partial charge on any atom is 0.128 e. The van der Waals surface area contributed by atoms with Crippen molar-refractivity contribution in [1.29, 1.82) is 0 Å². The normalized spacial score (nSPS) is 19.8. The Kier molecular flexibility index (Phi) is 4.92. The number of rotatable bonds is 2. The van der Waals surface area contributed by atoms with Crippen LogP contribution in [-0.4, -0.2) is 35.7 Å². The van der Waals surface area contributed by atoms with Crippen molar-refractivity contribution in [3.8, 4) is 11.8 Å². The molecule has 4 heteroatoms. The zero-order valence-electron chi connectivity index (χ0n) is 10.9. The molecule has 1 heterocycles. The second-order valence-electron chi connectivity index (χ2n) is 4.84. The Balaban J connectivity index is 2.04. The summed E-state index contributed by atoms with van der Waals surface area (Å²) >= 11 is 0. The smallest absolute Gasteiger partial charge is 0.128 e. The fourth-order valence-corrected chi connectivity index (χ4v) is 2.32. The number of halogens is 1. The number of benzene rings is 1. The molecule has 0 saturated carbocycles. The predicted octanol–water partition coefficient (Wildman–Crippen LogP) is 1.09. The highest BCUT2D eigenvalue weighted by Gasteiger charge is 2.18. The van der Waals surface area contributed by atoms with Gasteiger partial charge in [0.2, 0.25) is 0 Å². The number of hydrogen-bond donors (Lipinski definition) is 2. The van der Waals surface area contributed by atoms with Crippen molar-refractivity contribution in [2.75, 3.05) is 19.6 Å². The Hall–Kier alpha value is -1.41. The monoisotopic (exact) mass is 262 g/mol. The minimum absolute atomic E-state index is 0.246. The predicted molar refractivity (Wildman–Crippen MR) is 72.9 cm³/mol. The fourth-order valence-electron chi connectivity index (χ4n) is 2.32. The molecular formula is C15H19FN2O. The maximum absolute atomic E-state index is 13.9. The molecule has 0 bridgehead atoms. The molecule has 0 radical (unpaired) electrons. The molecule has 1 aromatic rings. The van der Waals surface area contributed by atoms with Crippen molar-refractivity contribution < 1.29 is 9.50 Å². The van der Waals surface area contributed by atoms with E-state index in [1.54, 1.807) is 12.1 Å². The third-order valence-electron chi connectivity index (χ3n) is 3.26. The molecule has 2 rings (SSSR count). The maximum atomic E-state index is 13.9. The summed E-state index contributed by atoms with van der Waals surface area (Å²) in [6.07, 6.45) is 1.52. The Bertz CT molecular complexity index is 493. The molecule has 3 nitrogen and oxygen atoms in total. The van der Waals surface area contributed by atoms with Crippen molar-refractivity contribution in [3.63, 3.8) is 0 Å². The molecule has 1 fully saturated rings. The average Bonchev–Trinajstić information content (AvgIpc) is 2.39. The Morgan fingerprint density at radius 1 is 1.47 bits per heavy atom. The van der Waals surface area contributed by atoms with Gasteiger partial charge in [-0.05, 0) is 31.5 Å². The van der Waals surface area contributed by atoms with Gasteiger partial charge in [0, 0.05) is 24.2 Å². The van der Waals surface area contributed by atoms with Crippen LogP contribution in [0.4, 0.5) is 4.39 Å². The first-order chi connectivity index (χ1) is 9.19. The van der Waals surface area contributed by atoms with Crippen LogP contribution in [0.25, 0.3) is 0 Å². The lowest BCUT2D eigenvalue weighted by molar-refractivity contribution is 0.0663. The fraction of sp³-hybridized carbons (Fsp3) is 0.467. The van der Waals surface area contributed by atoms with Crippen LogP contribution in [0.3, 0.4) is 0 Å². The summed E-state index contributed by atoms with van der Waals surface area (Å²) < 4.78 is 13.9. The van der Waals surface area contributed by atoms with E-state index in [4.69, 9.17) is 5.73 Å². The van der Waals surface area contributed by atoms with Crippen LogP contribution in [0, 0.1) is 17.7 Å². The van der Waals surface area contributed by atoms with Crippen LogP contribution in [0.1, 0.15) is 24.0 Å². The van der Waals surface area contributed by atoms with Gasteiger partial charge in [-0.2, -0.15) is 0 Å². The van der Waals surface area contributed by atoms with Gasteiger partial charge in [-0.15, -0.1) is 0 Å². The summed E-state index contributed by atoms with van der Waals surface area (Å²) in [6.45, 7) is 2.34. The Labute approximate surface area is 113 Å². The Morgan fingerprint density at radius 2 is 2.32 bits per heavy atom. The van der Waals surface area contributed by atoms with E-state index in [0.717, 1.165) is 19.4 Å². The van der Waals surface area contributed by atoms with Crippen LogP contribution in [0.15, 0.2) is 18.2 Å². The van der Waals surface area contributed by atoms with Crippen molar-refractivity contribution in [2.24, 2.45) is 5.73 Å². The number of nitrogens with zero attached hydrogens (tertiary/aromatic N) is 1. The second-order valence-corrected chi connectivity index (χ2v) is 4.84. The molecule has 1 aromatic carbocycles. The van der Waals surface area contributed by atoms with Gasteiger partial charge in [0.25, 0.3) is 0 Å². The third-order valence-corrected chi connectivity index (χ3v) is 3.26. The van der Waals surface area contributed by atoms with E-state index >= 15 is 0 Å². The van der Waals surface area contributed by atoms with Crippen molar-refractivity contribution in [2.45, 2.75) is 25.5 Å². The average molecular weight is 262 g/mol. The number of hydrogen-bond acceptors (Lipinski definition) is 3. The van der Waals surface area contributed by atoms with Crippen LogP contribution >= 0.6 is 0 Å². The lowest BCUT2D eigenvalue weighted by Crippen LogP contribution is -2.37. The molecule has 1 unspecified atom stereocenters. The molecule has 19 heavy (non-hydrogen) atoms. The minimum Gasteiger partial charge on any atom is -0.392 e. The lowest BCUT2D eigenvalue weighted by Gasteiger charge is -2.30. The molecule has 0 aliphatic carbocycles. The van der Waals surface area contributed by atoms with Crippen LogP contribution in [-0.2, 0) is 6.54 Å². The van der Waals surface area contributed by atoms with E-state index in [-0.39, 0.29) is 18.5 Å². The highest BCUT2D eigenvalue weighted by atomic mass is 19.1. The van der Waals surface area contributed by atoms with Gasteiger partial charge in [-0.1, -0.05) is 17.9 Å². The highest BCUT2D eigenvalue weighted by molar-refractivity contribution is 5.37. The van der Waals surface area contributed by atoms with Crippen molar-refractivity contribution in [1.82, 2.24) is 4.90 Å². The number of aliphatic hydroxyl groups is 1. The van der Waals surface area contributed by atoms with E-state index in [0.29, 0.717) is 24.2 Å². The van der Waals surface area contributed by atoms with Crippen LogP contribution in [0.5, 0.6) is 0 Å². The third kappa shape index (κ3) is 4.03. The standard InChI is InChI=1S/C15H19FN2O/c16-15-9-12(3-1-7-17)5-6-13(15)10-18-8-2-4-14(19)11-18/h5-6,9,14,19H,2,4,7-8,10-11,17H2. The number of nitrogens with two attached hydrogens (primary N) is 1. The van der Waals surface area contributed by atoms with Gasteiger partial charge in [0.1, 0.15) is 5.82 Å². The SMILES string of the molecule is NCC#Cc1ccc(CN2CCCC(O)C2)c(F)c1.